The molecular formula is C41H32N2. The zero-order chi connectivity index (χ0) is 28.8. The Morgan fingerprint density at radius 1 is 0.651 bits per heavy atom. The van der Waals surface area contributed by atoms with Crippen molar-refractivity contribution in [2.24, 2.45) is 0 Å². The van der Waals surface area contributed by atoms with Gasteiger partial charge >= 0.3 is 0 Å². The minimum absolute atomic E-state index is 0.320. The number of aryl methyl sites for hydroxylation is 1. The van der Waals surface area contributed by atoms with E-state index in [1.165, 1.54) is 49.4 Å². The lowest BCUT2D eigenvalue weighted by Crippen LogP contribution is -2.02. The summed E-state index contributed by atoms with van der Waals surface area (Å²) in [7, 11) is 0. The molecule has 8 rings (SSSR count). The van der Waals surface area contributed by atoms with Crippen molar-refractivity contribution in [2.45, 2.75) is 25.7 Å². The highest BCUT2D eigenvalue weighted by Crippen LogP contribution is 2.44. The lowest BCUT2D eigenvalue weighted by Gasteiger charge is -2.23. The van der Waals surface area contributed by atoms with Crippen LogP contribution in [-0.4, -0.2) is 9.55 Å². The van der Waals surface area contributed by atoms with Crippen molar-refractivity contribution in [1.82, 2.24) is 9.55 Å². The van der Waals surface area contributed by atoms with Gasteiger partial charge in [-0.3, -0.25) is 4.57 Å². The van der Waals surface area contributed by atoms with Crippen LogP contribution in [0.2, 0.25) is 0 Å². The van der Waals surface area contributed by atoms with E-state index in [1.807, 2.05) is 0 Å². The molecule has 1 heterocycles. The Morgan fingerprint density at radius 3 is 1.93 bits per heavy atom. The van der Waals surface area contributed by atoms with Gasteiger partial charge in [0.2, 0.25) is 0 Å². The molecule has 0 amide bonds. The number of fused-ring (bicyclic) bond motifs is 3. The second-order valence-electron chi connectivity index (χ2n) is 11.4. The lowest BCUT2D eigenvalue weighted by molar-refractivity contribution is 0.873. The summed E-state index contributed by atoms with van der Waals surface area (Å²) in [6.07, 6.45) is 8.99. The Kier molecular flexibility index (Phi) is 6.26. The summed E-state index contributed by atoms with van der Waals surface area (Å²) >= 11 is 0. The van der Waals surface area contributed by atoms with Crippen molar-refractivity contribution in [1.29, 1.82) is 0 Å². The van der Waals surface area contributed by atoms with Gasteiger partial charge in [-0.2, -0.15) is 0 Å². The molecule has 0 saturated carbocycles. The van der Waals surface area contributed by atoms with Gasteiger partial charge in [0.15, 0.2) is 0 Å². The molecule has 0 radical (unpaired) electrons. The first kappa shape index (κ1) is 25.5. The number of hydrogen-bond donors (Lipinski definition) is 0. The van der Waals surface area contributed by atoms with Crippen molar-refractivity contribution < 1.29 is 0 Å². The molecule has 0 fully saturated rings. The highest BCUT2D eigenvalue weighted by Gasteiger charge is 2.21. The number of rotatable bonds is 5. The molecule has 0 aliphatic heterocycles. The van der Waals surface area contributed by atoms with Gasteiger partial charge < -0.3 is 0 Å². The Labute approximate surface area is 252 Å². The molecule has 1 atom stereocenters. The molecule has 2 heteroatoms. The van der Waals surface area contributed by atoms with Crippen LogP contribution in [0.3, 0.4) is 0 Å². The summed E-state index contributed by atoms with van der Waals surface area (Å²) in [5, 5.41) is 5.27. The number of imidazole rings is 1. The van der Waals surface area contributed by atoms with Gasteiger partial charge in [-0.15, -0.1) is 0 Å². The van der Waals surface area contributed by atoms with Gasteiger partial charge in [0.05, 0.1) is 11.0 Å². The highest BCUT2D eigenvalue weighted by molar-refractivity contribution is 6.15. The minimum Gasteiger partial charge on any atom is -0.296 e. The molecule has 2 nitrogen and oxygen atoms in total. The third kappa shape index (κ3) is 4.30. The molecule has 7 aromatic rings. The molecule has 1 aromatic heterocycles. The predicted octanol–water partition coefficient (Wildman–Crippen LogP) is 10.7. The molecular weight excluding hydrogens is 520 g/mol. The number of nitrogens with zero attached hydrogens (tertiary/aromatic N) is 2. The van der Waals surface area contributed by atoms with E-state index in [9.17, 15) is 0 Å². The molecule has 0 bridgehead atoms. The van der Waals surface area contributed by atoms with Crippen molar-refractivity contribution in [3.05, 3.63) is 163 Å². The fourth-order valence-corrected chi connectivity index (χ4v) is 6.93. The smallest absolute Gasteiger partial charge is 0.114 e. The molecule has 0 spiro atoms. The van der Waals surface area contributed by atoms with Gasteiger partial charge in [-0.1, -0.05) is 128 Å². The van der Waals surface area contributed by atoms with Crippen LogP contribution in [-0.2, 0) is 6.42 Å². The third-order valence-electron chi connectivity index (χ3n) is 8.91. The quantitative estimate of drug-likeness (QED) is 0.194. The van der Waals surface area contributed by atoms with E-state index in [0.29, 0.717) is 5.92 Å². The topological polar surface area (TPSA) is 17.8 Å². The first-order chi connectivity index (χ1) is 21.3. The predicted molar refractivity (Wildman–Crippen MR) is 182 cm³/mol. The van der Waals surface area contributed by atoms with Gasteiger partial charge in [-0.05, 0) is 80.1 Å². The van der Waals surface area contributed by atoms with Crippen LogP contribution in [0.4, 0.5) is 0 Å². The van der Waals surface area contributed by atoms with Crippen molar-refractivity contribution in [2.75, 3.05) is 0 Å². The summed E-state index contributed by atoms with van der Waals surface area (Å²) in [6.45, 7) is 2.17. The average Bonchev–Trinajstić information content (AvgIpc) is 3.47. The van der Waals surface area contributed by atoms with Crippen LogP contribution in [0.5, 0.6) is 0 Å². The summed E-state index contributed by atoms with van der Waals surface area (Å²) < 4.78 is 2.30. The zero-order valence-electron chi connectivity index (χ0n) is 24.2. The van der Waals surface area contributed by atoms with Crippen molar-refractivity contribution in [3.63, 3.8) is 0 Å². The van der Waals surface area contributed by atoms with Gasteiger partial charge in [0.25, 0.3) is 0 Å². The molecule has 43 heavy (non-hydrogen) atoms. The Bertz CT molecular complexity index is 2120. The fourth-order valence-electron chi connectivity index (χ4n) is 6.93. The van der Waals surface area contributed by atoms with E-state index in [1.54, 1.807) is 0 Å². The van der Waals surface area contributed by atoms with Crippen LogP contribution in [0, 0.1) is 0 Å². The van der Waals surface area contributed by atoms with Gasteiger partial charge in [0.1, 0.15) is 5.82 Å². The second-order valence-corrected chi connectivity index (χ2v) is 11.4. The minimum atomic E-state index is 0.320. The maximum absolute atomic E-state index is 4.90. The molecule has 0 saturated heterocycles. The lowest BCUT2D eigenvalue weighted by atomic mass is 9.80. The summed E-state index contributed by atoms with van der Waals surface area (Å²) in [4.78, 5) is 4.90. The zero-order valence-corrected chi connectivity index (χ0v) is 24.2. The molecule has 6 aromatic carbocycles. The Morgan fingerprint density at radius 2 is 1.28 bits per heavy atom. The van der Waals surface area contributed by atoms with Gasteiger partial charge in [0, 0.05) is 18.0 Å². The first-order valence-electron chi connectivity index (χ1n) is 15.2. The largest absolute Gasteiger partial charge is 0.296 e. The first-order valence-corrected chi connectivity index (χ1v) is 15.2. The molecule has 206 valence electrons. The standard InChI is InChI=1S/C41H32N2/c1-2-39-42-37-18-10-11-19-38(37)43(39)32-26-24-31(25-27-32)41-35-16-8-6-14-33(35)40(34-15-7-9-17-36(34)41)30-22-20-29(21-23-30)28-12-4-3-5-13-28/h3-22,24-27,30H,2,23H2,1H3. The summed E-state index contributed by atoms with van der Waals surface area (Å²) in [5.74, 6) is 1.40. The number of hydrogen-bond acceptors (Lipinski definition) is 1. The molecule has 1 aliphatic carbocycles. The number of allylic oxidation sites excluding steroid dienone is 4. The number of aromatic nitrogens is 2. The molecule has 0 N–H and O–H groups in total. The van der Waals surface area contributed by atoms with Crippen LogP contribution in [0.15, 0.2) is 146 Å². The maximum Gasteiger partial charge on any atom is 0.114 e. The average molecular weight is 553 g/mol. The molecule has 1 unspecified atom stereocenters. The van der Waals surface area contributed by atoms with Crippen molar-refractivity contribution in [3.8, 4) is 16.8 Å². The monoisotopic (exact) mass is 552 g/mol. The van der Waals surface area contributed by atoms with E-state index in [2.05, 4.69) is 157 Å². The Balaban J connectivity index is 1.26. The van der Waals surface area contributed by atoms with E-state index in [-0.39, 0.29) is 0 Å². The molecule has 1 aliphatic rings. The number of para-hydroxylation sites is 2. The third-order valence-corrected chi connectivity index (χ3v) is 8.91. The second kappa shape index (κ2) is 10.6. The maximum atomic E-state index is 4.90. The normalized spacial score (nSPS) is 14.9. The van der Waals surface area contributed by atoms with E-state index >= 15 is 0 Å². The fraction of sp³-hybridized carbons (Fsp3) is 0.0976. The van der Waals surface area contributed by atoms with Crippen LogP contribution >= 0.6 is 0 Å². The highest BCUT2D eigenvalue weighted by atomic mass is 15.1. The van der Waals surface area contributed by atoms with Crippen LogP contribution in [0.1, 0.15) is 36.2 Å². The Hall–Kier alpha value is -5.21. The number of benzene rings is 6. The SMILES string of the molecule is CCc1nc2ccccc2n1-c1ccc(-c2c3ccccc3c(C3C=CC(c4ccccc4)=CC3)c3ccccc23)cc1. The van der Waals surface area contributed by atoms with Crippen molar-refractivity contribution >= 4 is 38.2 Å². The van der Waals surface area contributed by atoms with Crippen LogP contribution < -0.4 is 0 Å². The van der Waals surface area contributed by atoms with Crippen LogP contribution in [0.25, 0.3) is 55.0 Å². The summed E-state index contributed by atoms with van der Waals surface area (Å²) in [5.41, 5.74) is 9.87. The van der Waals surface area contributed by atoms with E-state index in [0.717, 1.165) is 35.4 Å². The van der Waals surface area contributed by atoms with Gasteiger partial charge in [-0.25, -0.2) is 4.98 Å². The summed E-state index contributed by atoms with van der Waals surface area (Å²) in [6, 6.07) is 46.1. The van der Waals surface area contributed by atoms with E-state index < -0.39 is 0 Å². The van der Waals surface area contributed by atoms with E-state index in [4.69, 9.17) is 4.98 Å².